The molecule has 0 aromatic carbocycles. The predicted molar refractivity (Wildman–Crippen MR) is 68.6 cm³/mol. The second kappa shape index (κ2) is 6.21. The summed E-state index contributed by atoms with van der Waals surface area (Å²) >= 11 is 3.62. The molecule has 0 spiro atoms. The summed E-state index contributed by atoms with van der Waals surface area (Å²) in [5, 5.41) is 1.10. The first kappa shape index (κ1) is 13.5. The van der Waals surface area contributed by atoms with Crippen molar-refractivity contribution in [2.75, 3.05) is 25.0 Å². The topological polar surface area (TPSA) is 12.5 Å². The van der Waals surface area contributed by atoms with Gasteiger partial charge in [0.2, 0.25) is 0 Å². The largest absolute Gasteiger partial charge is 0.373 e. The van der Waals surface area contributed by atoms with Gasteiger partial charge in [-0.2, -0.15) is 0 Å². The first-order valence-corrected chi connectivity index (χ1v) is 7.08. The maximum atomic E-state index is 5.74. The molecular formula is C12H24BrNO. The van der Waals surface area contributed by atoms with Crippen LogP contribution in [0.3, 0.4) is 0 Å². The van der Waals surface area contributed by atoms with Crippen molar-refractivity contribution in [3.8, 4) is 0 Å². The molecule has 1 saturated heterocycles. The molecule has 0 aromatic heterocycles. The number of hydrogen-bond donors (Lipinski definition) is 0. The lowest BCUT2D eigenvalue weighted by atomic mass is 9.97. The van der Waals surface area contributed by atoms with Gasteiger partial charge in [0.1, 0.15) is 0 Å². The Morgan fingerprint density at radius 3 is 2.20 bits per heavy atom. The summed E-state index contributed by atoms with van der Waals surface area (Å²) in [5.41, 5.74) is 0. The Morgan fingerprint density at radius 2 is 1.80 bits per heavy atom. The zero-order valence-electron chi connectivity index (χ0n) is 10.4. The second-order valence-corrected chi connectivity index (χ2v) is 5.78. The number of rotatable bonds is 4. The lowest BCUT2D eigenvalue weighted by Gasteiger charge is -2.37. The Morgan fingerprint density at radius 1 is 1.27 bits per heavy atom. The molecule has 3 heteroatoms. The number of halogens is 1. The van der Waals surface area contributed by atoms with Crippen molar-refractivity contribution >= 4 is 15.9 Å². The molecular weight excluding hydrogens is 254 g/mol. The average Bonchev–Trinajstić information content (AvgIpc) is 2.12. The summed E-state index contributed by atoms with van der Waals surface area (Å²) in [5.74, 6) is 1.50. The van der Waals surface area contributed by atoms with Crippen LogP contribution >= 0.6 is 15.9 Å². The van der Waals surface area contributed by atoms with Gasteiger partial charge < -0.3 is 4.74 Å². The fourth-order valence-corrected chi connectivity index (χ4v) is 3.16. The van der Waals surface area contributed by atoms with E-state index in [-0.39, 0.29) is 0 Å². The van der Waals surface area contributed by atoms with E-state index in [2.05, 4.69) is 48.5 Å². The number of ether oxygens (including phenoxy) is 1. The van der Waals surface area contributed by atoms with Crippen LogP contribution in [0.1, 0.15) is 27.7 Å². The molecule has 1 rings (SSSR count). The van der Waals surface area contributed by atoms with Crippen molar-refractivity contribution in [3.63, 3.8) is 0 Å². The molecule has 0 saturated carbocycles. The van der Waals surface area contributed by atoms with Crippen molar-refractivity contribution < 1.29 is 4.74 Å². The van der Waals surface area contributed by atoms with Crippen LogP contribution < -0.4 is 0 Å². The van der Waals surface area contributed by atoms with E-state index in [4.69, 9.17) is 4.74 Å². The van der Waals surface area contributed by atoms with Crippen molar-refractivity contribution in [2.24, 2.45) is 11.8 Å². The molecule has 0 radical (unpaired) electrons. The quantitative estimate of drug-likeness (QED) is 0.733. The van der Waals surface area contributed by atoms with Gasteiger partial charge in [0.25, 0.3) is 0 Å². The monoisotopic (exact) mass is 277 g/mol. The summed E-state index contributed by atoms with van der Waals surface area (Å²) in [6.07, 6.45) is 0.772. The van der Waals surface area contributed by atoms with Crippen LogP contribution in [0.4, 0.5) is 0 Å². The Labute approximate surface area is 102 Å². The lowest BCUT2D eigenvalue weighted by Crippen LogP contribution is -2.47. The van der Waals surface area contributed by atoms with Gasteiger partial charge in [-0.25, -0.2) is 0 Å². The van der Waals surface area contributed by atoms with E-state index in [1.807, 2.05) is 0 Å². The highest BCUT2D eigenvalue weighted by Crippen LogP contribution is 2.18. The summed E-state index contributed by atoms with van der Waals surface area (Å²) in [7, 11) is 0. The molecule has 1 aliphatic heterocycles. The van der Waals surface area contributed by atoms with Crippen LogP contribution in [-0.4, -0.2) is 42.1 Å². The van der Waals surface area contributed by atoms with Gasteiger partial charge >= 0.3 is 0 Å². The highest BCUT2D eigenvalue weighted by Gasteiger charge is 2.24. The van der Waals surface area contributed by atoms with Gasteiger partial charge in [0.05, 0.1) is 12.2 Å². The molecule has 1 fully saturated rings. The van der Waals surface area contributed by atoms with Gasteiger partial charge in [-0.3, -0.25) is 4.90 Å². The average molecular weight is 278 g/mol. The van der Waals surface area contributed by atoms with E-state index in [1.165, 1.54) is 6.54 Å². The summed E-state index contributed by atoms with van der Waals surface area (Å²) in [6, 6.07) is 0. The smallest absolute Gasteiger partial charge is 0.0678 e. The van der Waals surface area contributed by atoms with Crippen LogP contribution in [0.25, 0.3) is 0 Å². The van der Waals surface area contributed by atoms with Crippen LogP contribution in [0.15, 0.2) is 0 Å². The van der Waals surface area contributed by atoms with Gasteiger partial charge in [-0.05, 0) is 25.7 Å². The van der Waals surface area contributed by atoms with Crippen molar-refractivity contribution in [3.05, 3.63) is 0 Å². The van der Waals surface area contributed by atoms with Crippen LogP contribution in [0, 0.1) is 11.8 Å². The first-order valence-electron chi connectivity index (χ1n) is 5.96. The number of nitrogens with zero attached hydrogens (tertiary/aromatic N) is 1. The number of alkyl halides is 1. The van der Waals surface area contributed by atoms with Crippen molar-refractivity contribution in [2.45, 2.75) is 39.9 Å². The normalized spacial score (nSPS) is 30.8. The van der Waals surface area contributed by atoms with E-state index in [0.717, 1.165) is 30.3 Å². The molecule has 90 valence electrons. The maximum Gasteiger partial charge on any atom is 0.0678 e. The Kier molecular flexibility index (Phi) is 5.58. The van der Waals surface area contributed by atoms with E-state index < -0.39 is 0 Å². The number of morpholine rings is 1. The first-order chi connectivity index (χ1) is 7.02. The third-order valence-electron chi connectivity index (χ3n) is 3.13. The molecule has 0 aliphatic carbocycles. The van der Waals surface area contributed by atoms with Crippen LogP contribution in [-0.2, 0) is 4.74 Å². The zero-order valence-corrected chi connectivity index (χ0v) is 12.0. The van der Waals surface area contributed by atoms with Gasteiger partial charge in [-0.1, -0.05) is 29.8 Å². The standard InChI is InChI=1S/C12H24BrNO/c1-9(2)12(5-13)8-14-6-10(3)15-11(4)7-14/h9-12H,5-8H2,1-4H3/t10-,11+,12?. The molecule has 0 aromatic rings. The fraction of sp³-hybridized carbons (Fsp3) is 1.00. The van der Waals surface area contributed by atoms with E-state index in [9.17, 15) is 0 Å². The van der Waals surface area contributed by atoms with Gasteiger partial charge in [-0.15, -0.1) is 0 Å². The SMILES string of the molecule is CC(C)C(CBr)CN1C[C@@H](C)O[C@@H](C)C1. The van der Waals surface area contributed by atoms with Crippen LogP contribution in [0.5, 0.6) is 0 Å². The molecule has 1 heterocycles. The minimum absolute atomic E-state index is 0.386. The third-order valence-corrected chi connectivity index (χ3v) is 3.96. The van der Waals surface area contributed by atoms with E-state index >= 15 is 0 Å². The molecule has 1 unspecified atom stereocenters. The number of hydrogen-bond acceptors (Lipinski definition) is 2. The maximum absolute atomic E-state index is 5.74. The summed E-state index contributed by atoms with van der Waals surface area (Å²) < 4.78 is 5.74. The Hall–Kier alpha value is 0.400. The highest BCUT2D eigenvalue weighted by atomic mass is 79.9. The van der Waals surface area contributed by atoms with Gasteiger partial charge in [0.15, 0.2) is 0 Å². The van der Waals surface area contributed by atoms with Gasteiger partial charge in [0, 0.05) is 25.0 Å². The minimum Gasteiger partial charge on any atom is -0.373 e. The molecule has 0 N–H and O–H groups in total. The summed E-state index contributed by atoms with van der Waals surface area (Å²) in [6.45, 7) is 12.3. The Bertz CT molecular complexity index is 176. The second-order valence-electron chi connectivity index (χ2n) is 5.13. The third kappa shape index (κ3) is 4.41. The molecule has 0 bridgehead atoms. The zero-order chi connectivity index (χ0) is 11.4. The molecule has 1 aliphatic rings. The lowest BCUT2D eigenvalue weighted by molar-refractivity contribution is -0.0719. The van der Waals surface area contributed by atoms with Crippen LogP contribution in [0.2, 0.25) is 0 Å². The molecule has 2 nitrogen and oxygen atoms in total. The van der Waals surface area contributed by atoms with E-state index in [0.29, 0.717) is 12.2 Å². The highest BCUT2D eigenvalue weighted by molar-refractivity contribution is 9.09. The van der Waals surface area contributed by atoms with Crippen molar-refractivity contribution in [1.82, 2.24) is 4.90 Å². The minimum atomic E-state index is 0.386. The Balaban J connectivity index is 2.42. The molecule has 15 heavy (non-hydrogen) atoms. The van der Waals surface area contributed by atoms with Crippen molar-refractivity contribution in [1.29, 1.82) is 0 Å². The molecule has 3 atom stereocenters. The van der Waals surface area contributed by atoms with E-state index in [1.54, 1.807) is 0 Å². The summed E-state index contributed by atoms with van der Waals surface area (Å²) in [4.78, 5) is 2.55. The fourth-order valence-electron chi connectivity index (χ4n) is 2.20. The predicted octanol–water partition coefficient (Wildman–Crippen LogP) is 2.76. The molecule has 0 amide bonds.